The molecule has 0 aliphatic rings. The van der Waals surface area contributed by atoms with E-state index in [-0.39, 0.29) is 31.4 Å². The summed E-state index contributed by atoms with van der Waals surface area (Å²) in [6.45, 7) is 4.34. The normalized spacial score (nSPS) is 10.2. The smallest absolute Gasteiger partial charge is 0.258 e. The molecule has 2 aromatic carbocycles. The Morgan fingerprint density at radius 3 is 2.61 bits per heavy atom. The van der Waals surface area contributed by atoms with Gasteiger partial charge in [-0.1, -0.05) is 29.8 Å². The Labute approximate surface area is 135 Å². The predicted octanol–water partition coefficient (Wildman–Crippen LogP) is 3.02. The molecule has 0 heterocycles. The molecule has 0 radical (unpaired) electrons. The molecule has 2 aromatic rings. The van der Waals surface area contributed by atoms with E-state index in [0.29, 0.717) is 5.75 Å². The number of hydrogen-bond donors (Lipinski definition) is 1. The monoisotopic (exact) mass is 317 g/mol. The van der Waals surface area contributed by atoms with Gasteiger partial charge in [0.25, 0.3) is 5.91 Å². The summed E-state index contributed by atoms with van der Waals surface area (Å²) in [5, 5.41) is 2.66. The lowest BCUT2D eigenvalue weighted by Gasteiger charge is -2.11. The summed E-state index contributed by atoms with van der Waals surface area (Å²) in [5.74, 6) is 0.195. The fraction of sp³-hybridized carbons (Fsp3) is 0.278. The van der Waals surface area contributed by atoms with Gasteiger partial charge in [0.05, 0.1) is 6.54 Å². The molecule has 0 saturated heterocycles. The molecular weight excluding hydrogens is 297 g/mol. The maximum Gasteiger partial charge on any atom is 0.258 e. The van der Waals surface area contributed by atoms with Gasteiger partial charge in [-0.3, -0.25) is 4.79 Å². The van der Waals surface area contributed by atoms with Gasteiger partial charge in [-0.25, -0.2) is 4.39 Å². The van der Waals surface area contributed by atoms with Crippen molar-refractivity contribution in [1.29, 1.82) is 0 Å². The van der Waals surface area contributed by atoms with Crippen molar-refractivity contribution in [1.82, 2.24) is 5.32 Å². The topological polar surface area (TPSA) is 47.6 Å². The van der Waals surface area contributed by atoms with E-state index in [4.69, 9.17) is 9.47 Å². The maximum absolute atomic E-state index is 13.3. The van der Waals surface area contributed by atoms with Crippen LogP contribution in [0.3, 0.4) is 0 Å². The van der Waals surface area contributed by atoms with Gasteiger partial charge in [-0.05, 0) is 37.6 Å². The lowest BCUT2D eigenvalue weighted by Crippen LogP contribution is -2.32. The van der Waals surface area contributed by atoms with Crippen molar-refractivity contribution < 1.29 is 18.7 Å². The van der Waals surface area contributed by atoms with E-state index < -0.39 is 5.82 Å². The highest BCUT2D eigenvalue weighted by molar-refractivity contribution is 5.77. The predicted molar refractivity (Wildman–Crippen MR) is 86.3 cm³/mol. The molecule has 0 saturated carbocycles. The van der Waals surface area contributed by atoms with Crippen LogP contribution in [0.25, 0.3) is 0 Å². The summed E-state index contributed by atoms with van der Waals surface area (Å²) in [4.78, 5) is 11.7. The number of carbonyl (C=O) groups excluding carboxylic acids is 1. The van der Waals surface area contributed by atoms with Crippen molar-refractivity contribution in [2.45, 2.75) is 13.8 Å². The molecule has 0 bridgehead atoms. The van der Waals surface area contributed by atoms with Crippen molar-refractivity contribution >= 4 is 5.91 Å². The number of ether oxygens (including phenoxy) is 2. The number of carbonyl (C=O) groups is 1. The number of nitrogens with one attached hydrogen (secondary N) is 1. The first-order valence-corrected chi connectivity index (χ1v) is 7.40. The van der Waals surface area contributed by atoms with Crippen LogP contribution in [-0.2, 0) is 4.79 Å². The van der Waals surface area contributed by atoms with Gasteiger partial charge < -0.3 is 14.8 Å². The van der Waals surface area contributed by atoms with Gasteiger partial charge in [0.1, 0.15) is 12.4 Å². The number of para-hydroxylation sites is 1. The summed E-state index contributed by atoms with van der Waals surface area (Å²) >= 11 is 0. The highest BCUT2D eigenvalue weighted by Crippen LogP contribution is 2.18. The molecule has 0 aliphatic carbocycles. The second-order valence-electron chi connectivity index (χ2n) is 5.19. The minimum absolute atomic E-state index is 0.0659. The van der Waals surface area contributed by atoms with Crippen LogP contribution in [0.5, 0.6) is 11.5 Å². The van der Waals surface area contributed by atoms with Crippen molar-refractivity contribution in [2.24, 2.45) is 0 Å². The van der Waals surface area contributed by atoms with E-state index in [1.165, 1.54) is 6.07 Å². The van der Waals surface area contributed by atoms with E-state index in [2.05, 4.69) is 5.32 Å². The lowest BCUT2D eigenvalue weighted by molar-refractivity contribution is -0.123. The summed E-state index contributed by atoms with van der Waals surface area (Å²) in [7, 11) is 0. The molecule has 1 amide bonds. The Morgan fingerprint density at radius 2 is 1.87 bits per heavy atom. The van der Waals surface area contributed by atoms with Crippen LogP contribution in [0.4, 0.5) is 4.39 Å². The van der Waals surface area contributed by atoms with E-state index in [1.54, 1.807) is 18.2 Å². The van der Waals surface area contributed by atoms with Gasteiger partial charge in [0.2, 0.25) is 0 Å². The second-order valence-corrected chi connectivity index (χ2v) is 5.19. The summed E-state index contributed by atoms with van der Waals surface area (Å²) in [6.07, 6.45) is 0. The highest BCUT2D eigenvalue weighted by Gasteiger charge is 2.05. The third-order valence-electron chi connectivity index (χ3n) is 3.21. The molecule has 0 fully saturated rings. The summed E-state index contributed by atoms with van der Waals surface area (Å²) in [6, 6.07) is 11.9. The first-order chi connectivity index (χ1) is 11.1. The number of aryl methyl sites for hydroxylation is 2. The average Bonchev–Trinajstić information content (AvgIpc) is 2.52. The largest absolute Gasteiger partial charge is 0.489 e. The highest BCUT2D eigenvalue weighted by atomic mass is 19.1. The first-order valence-electron chi connectivity index (χ1n) is 7.40. The third-order valence-corrected chi connectivity index (χ3v) is 3.21. The van der Waals surface area contributed by atoms with E-state index in [0.717, 1.165) is 11.1 Å². The number of rotatable bonds is 7. The minimum Gasteiger partial charge on any atom is -0.489 e. The molecule has 0 aromatic heterocycles. The second kappa shape index (κ2) is 8.17. The zero-order valence-electron chi connectivity index (χ0n) is 13.3. The van der Waals surface area contributed by atoms with Crippen LogP contribution in [0, 0.1) is 19.7 Å². The van der Waals surface area contributed by atoms with Crippen LogP contribution in [-0.4, -0.2) is 25.7 Å². The zero-order chi connectivity index (χ0) is 16.7. The summed E-state index contributed by atoms with van der Waals surface area (Å²) < 4.78 is 24.0. The Morgan fingerprint density at radius 1 is 1.09 bits per heavy atom. The van der Waals surface area contributed by atoms with E-state index in [9.17, 15) is 9.18 Å². The van der Waals surface area contributed by atoms with E-state index >= 15 is 0 Å². The van der Waals surface area contributed by atoms with Gasteiger partial charge in [-0.2, -0.15) is 0 Å². The maximum atomic E-state index is 13.3. The van der Waals surface area contributed by atoms with Gasteiger partial charge >= 0.3 is 0 Å². The average molecular weight is 317 g/mol. The zero-order valence-corrected chi connectivity index (χ0v) is 13.3. The molecule has 23 heavy (non-hydrogen) atoms. The molecule has 0 unspecified atom stereocenters. The SMILES string of the molecule is Cc1ccc(OCC(=O)NCCOc2ccccc2F)c(C)c1. The molecule has 122 valence electrons. The van der Waals surface area contributed by atoms with E-state index in [1.807, 2.05) is 32.0 Å². The molecule has 1 N–H and O–H groups in total. The Bertz CT molecular complexity index is 673. The van der Waals surface area contributed by atoms with Crippen LogP contribution < -0.4 is 14.8 Å². The van der Waals surface area contributed by atoms with Gasteiger partial charge in [0, 0.05) is 0 Å². The molecule has 4 nitrogen and oxygen atoms in total. The Kier molecular flexibility index (Phi) is 5.97. The number of benzene rings is 2. The van der Waals surface area contributed by atoms with Crippen LogP contribution >= 0.6 is 0 Å². The van der Waals surface area contributed by atoms with Crippen molar-refractivity contribution in [3.05, 3.63) is 59.4 Å². The van der Waals surface area contributed by atoms with Crippen LogP contribution in [0.15, 0.2) is 42.5 Å². The quantitative estimate of drug-likeness (QED) is 0.799. The van der Waals surface area contributed by atoms with Crippen LogP contribution in [0.1, 0.15) is 11.1 Å². The lowest BCUT2D eigenvalue weighted by atomic mass is 10.1. The molecule has 0 spiro atoms. The molecule has 0 atom stereocenters. The fourth-order valence-corrected chi connectivity index (χ4v) is 2.07. The molecule has 0 aliphatic heterocycles. The fourth-order valence-electron chi connectivity index (χ4n) is 2.07. The van der Waals surface area contributed by atoms with Crippen molar-refractivity contribution in [3.63, 3.8) is 0 Å². The number of hydrogen-bond acceptors (Lipinski definition) is 3. The Balaban J connectivity index is 1.68. The first kappa shape index (κ1) is 16.8. The Hall–Kier alpha value is -2.56. The van der Waals surface area contributed by atoms with Gasteiger partial charge in [0.15, 0.2) is 18.2 Å². The minimum atomic E-state index is -0.419. The molecule has 2 rings (SSSR count). The molecule has 5 heteroatoms. The van der Waals surface area contributed by atoms with Crippen molar-refractivity contribution in [3.8, 4) is 11.5 Å². The summed E-state index contributed by atoms with van der Waals surface area (Å²) in [5.41, 5.74) is 2.13. The van der Waals surface area contributed by atoms with Crippen LogP contribution in [0.2, 0.25) is 0 Å². The standard InChI is InChI=1S/C18H20FNO3/c1-13-7-8-16(14(2)11-13)23-12-18(21)20-9-10-22-17-6-4-3-5-15(17)19/h3-8,11H,9-10,12H2,1-2H3,(H,20,21). The number of amides is 1. The van der Waals surface area contributed by atoms with Gasteiger partial charge in [-0.15, -0.1) is 0 Å². The molecular formula is C18H20FNO3. The third kappa shape index (κ3) is 5.29. The number of halogens is 1. The van der Waals surface area contributed by atoms with Crippen molar-refractivity contribution in [2.75, 3.05) is 19.8 Å².